The van der Waals surface area contributed by atoms with Crippen LogP contribution in [-0.4, -0.2) is 19.1 Å². The summed E-state index contributed by atoms with van der Waals surface area (Å²) in [6, 6.07) is 7.23. The van der Waals surface area contributed by atoms with E-state index >= 15 is 0 Å². The smallest absolute Gasteiger partial charge is 0.0402 e. The van der Waals surface area contributed by atoms with Gasteiger partial charge in [-0.3, -0.25) is 0 Å². The number of nitrogens with zero attached hydrogens (tertiary/aromatic N) is 1. The molecule has 1 unspecified atom stereocenters. The molecule has 0 saturated carbocycles. The van der Waals surface area contributed by atoms with Crippen LogP contribution in [0.3, 0.4) is 0 Å². The first-order chi connectivity index (χ1) is 8.22. The molecule has 0 bridgehead atoms. The minimum absolute atomic E-state index is 0.654. The standard InChI is InChI=1S/C14H21BrN2/c1-11-4-2-3-9-17(11)14-6-5-13(15)10-12(14)7-8-16/h5-6,10-11H,2-4,7-9,16H2,1H3. The van der Waals surface area contributed by atoms with Crippen molar-refractivity contribution in [2.45, 2.75) is 38.6 Å². The first-order valence-electron chi connectivity index (χ1n) is 6.47. The van der Waals surface area contributed by atoms with Crippen molar-refractivity contribution in [2.24, 2.45) is 5.73 Å². The topological polar surface area (TPSA) is 29.3 Å². The van der Waals surface area contributed by atoms with Crippen LogP contribution in [0.2, 0.25) is 0 Å². The second-order valence-corrected chi connectivity index (χ2v) is 5.77. The average Bonchev–Trinajstić information content (AvgIpc) is 2.31. The van der Waals surface area contributed by atoms with Crippen LogP contribution < -0.4 is 10.6 Å². The second-order valence-electron chi connectivity index (χ2n) is 4.85. The largest absolute Gasteiger partial charge is 0.369 e. The van der Waals surface area contributed by atoms with E-state index in [0.717, 1.165) is 10.9 Å². The van der Waals surface area contributed by atoms with Gasteiger partial charge in [-0.1, -0.05) is 15.9 Å². The summed E-state index contributed by atoms with van der Waals surface area (Å²) in [6.45, 7) is 4.22. The Morgan fingerprint density at radius 1 is 1.41 bits per heavy atom. The number of nitrogens with two attached hydrogens (primary N) is 1. The normalized spacial score (nSPS) is 20.6. The summed E-state index contributed by atoms with van der Waals surface area (Å²) < 4.78 is 1.15. The predicted octanol–water partition coefficient (Wildman–Crippen LogP) is 3.33. The molecule has 0 aromatic heterocycles. The lowest BCUT2D eigenvalue weighted by Gasteiger charge is -2.36. The molecule has 1 fully saturated rings. The molecule has 1 heterocycles. The molecule has 94 valence electrons. The molecule has 0 amide bonds. The van der Waals surface area contributed by atoms with Gasteiger partial charge in [0.2, 0.25) is 0 Å². The molecule has 2 N–H and O–H groups in total. The summed E-state index contributed by atoms with van der Waals surface area (Å²) in [5.74, 6) is 0. The number of anilines is 1. The maximum atomic E-state index is 5.71. The van der Waals surface area contributed by atoms with E-state index in [1.165, 1.54) is 37.1 Å². The highest BCUT2D eigenvalue weighted by Crippen LogP contribution is 2.30. The number of benzene rings is 1. The van der Waals surface area contributed by atoms with Crippen LogP contribution in [-0.2, 0) is 6.42 Å². The van der Waals surface area contributed by atoms with Gasteiger partial charge in [0.1, 0.15) is 0 Å². The molecular formula is C14H21BrN2. The summed E-state index contributed by atoms with van der Waals surface area (Å²) in [4.78, 5) is 2.54. The number of halogens is 1. The van der Waals surface area contributed by atoms with E-state index in [1.54, 1.807) is 0 Å². The Bertz CT molecular complexity index is 378. The Balaban J connectivity index is 2.29. The van der Waals surface area contributed by atoms with E-state index in [2.05, 4.69) is 46.0 Å². The van der Waals surface area contributed by atoms with Gasteiger partial charge in [0, 0.05) is 22.7 Å². The summed E-state index contributed by atoms with van der Waals surface area (Å²) in [7, 11) is 0. The Kier molecular flexibility index (Phi) is 4.46. The molecule has 1 aliphatic heterocycles. The summed E-state index contributed by atoms with van der Waals surface area (Å²) in [6.07, 6.45) is 4.93. The lowest BCUT2D eigenvalue weighted by molar-refractivity contribution is 0.483. The molecule has 0 aliphatic carbocycles. The van der Waals surface area contributed by atoms with Crippen molar-refractivity contribution in [1.82, 2.24) is 0 Å². The van der Waals surface area contributed by atoms with Crippen LogP contribution in [0.25, 0.3) is 0 Å². The van der Waals surface area contributed by atoms with Crippen molar-refractivity contribution in [3.8, 4) is 0 Å². The minimum Gasteiger partial charge on any atom is -0.369 e. The Hall–Kier alpha value is -0.540. The maximum Gasteiger partial charge on any atom is 0.0402 e. The zero-order chi connectivity index (χ0) is 12.3. The van der Waals surface area contributed by atoms with Crippen LogP contribution in [0, 0.1) is 0 Å². The van der Waals surface area contributed by atoms with Crippen LogP contribution in [0.5, 0.6) is 0 Å². The van der Waals surface area contributed by atoms with Crippen molar-refractivity contribution in [1.29, 1.82) is 0 Å². The molecule has 1 atom stereocenters. The van der Waals surface area contributed by atoms with Crippen LogP contribution in [0.4, 0.5) is 5.69 Å². The minimum atomic E-state index is 0.654. The first kappa shape index (κ1) is 12.9. The maximum absolute atomic E-state index is 5.71. The Morgan fingerprint density at radius 3 is 2.94 bits per heavy atom. The predicted molar refractivity (Wildman–Crippen MR) is 77.6 cm³/mol. The molecule has 1 aliphatic rings. The van der Waals surface area contributed by atoms with Gasteiger partial charge >= 0.3 is 0 Å². The highest BCUT2D eigenvalue weighted by molar-refractivity contribution is 9.10. The van der Waals surface area contributed by atoms with Gasteiger partial charge in [-0.2, -0.15) is 0 Å². The SMILES string of the molecule is CC1CCCCN1c1ccc(Br)cc1CCN. The number of hydrogen-bond donors (Lipinski definition) is 1. The quantitative estimate of drug-likeness (QED) is 0.927. The molecule has 0 spiro atoms. The van der Waals surface area contributed by atoms with E-state index in [1.807, 2.05) is 0 Å². The second kappa shape index (κ2) is 5.87. The van der Waals surface area contributed by atoms with Crippen molar-refractivity contribution in [3.05, 3.63) is 28.2 Å². The van der Waals surface area contributed by atoms with Crippen molar-refractivity contribution < 1.29 is 0 Å². The van der Waals surface area contributed by atoms with Gasteiger partial charge in [-0.25, -0.2) is 0 Å². The zero-order valence-corrected chi connectivity index (χ0v) is 12.0. The fourth-order valence-electron chi connectivity index (χ4n) is 2.65. The summed E-state index contributed by atoms with van der Waals surface area (Å²) in [5.41, 5.74) is 8.46. The van der Waals surface area contributed by atoms with Gasteiger partial charge in [-0.15, -0.1) is 0 Å². The molecule has 2 nitrogen and oxygen atoms in total. The average molecular weight is 297 g/mol. The van der Waals surface area contributed by atoms with Gasteiger partial charge < -0.3 is 10.6 Å². The fraction of sp³-hybridized carbons (Fsp3) is 0.571. The van der Waals surface area contributed by atoms with Gasteiger partial charge in [0.05, 0.1) is 0 Å². The van der Waals surface area contributed by atoms with Gasteiger partial charge in [0.25, 0.3) is 0 Å². The van der Waals surface area contributed by atoms with Crippen LogP contribution in [0.15, 0.2) is 22.7 Å². The summed E-state index contributed by atoms with van der Waals surface area (Å²) in [5, 5.41) is 0. The van der Waals surface area contributed by atoms with E-state index < -0.39 is 0 Å². The molecule has 3 heteroatoms. The number of piperidine rings is 1. The fourth-order valence-corrected chi connectivity index (χ4v) is 3.05. The monoisotopic (exact) mass is 296 g/mol. The lowest BCUT2D eigenvalue weighted by atomic mass is 10.00. The molecule has 0 radical (unpaired) electrons. The van der Waals surface area contributed by atoms with Crippen LogP contribution in [0.1, 0.15) is 31.7 Å². The summed E-state index contributed by atoms with van der Waals surface area (Å²) >= 11 is 3.55. The van der Waals surface area contributed by atoms with E-state index in [9.17, 15) is 0 Å². The molecular weight excluding hydrogens is 276 g/mol. The Morgan fingerprint density at radius 2 is 2.24 bits per heavy atom. The first-order valence-corrected chi connectivity index (χ1v) is 7.27. The number of hydrogen-bond acceptors (Lipinski definition) is 2. The number of rotatable bonds is 3. The highest BCUT2D eigenvalue weighted by Gasteiger charge is 2.20. The van der Waals surface area contributed by atoms with E-state index in [-0.39, 0.29) is 0 Å². The molecule has 1 aromatic carbocycles. The lowest BCUT2D eigenvalue weighted by Crippen LogP contribution is -2.38. The molecule has 2 rings (SSSR count). The highest BCUT2D eigenvalue weighted by atomic mass is 79.9. The third kappa shape index (κ3) is 3.02. The third-order valence-corrected chi connectivity index (χ3v) is 4.06. The van der Waals surface area contributed by atoms with Crippen molar-refractivity contribution >= 4 is 21.6 Å². The molecule has 17 heavy (non-hydrogen) atoms. The van der Waals surface area contributed by atoms with Gasteiger partial charge in [-0.05, 0) is 62.9 Å². The Labute approximate surface area is 112 Å². The third-order valence-electron chi connectivity index (χ3n) is 3.57. The molecule has 1 aromatic rings. The zero-order valence-electron chi connectivity index (χ0n) is 10.5. The van der Waals surface area contributed by atoms with E-state index in [4.69, 9.17) is 5.73 Å². The van der Waals surface area contributed by atoms with Crippen molar-refractivity contribution in [2.75, 3.05) is 18.0 Å². The van der Waals surface area contributed by atoms with Crippen LogP contribution >= 0.6 is 15.9 Å². The van der Waals surface area contributed by atoms with E-state index in [0.29, 0.717) is 12.6 Å². The van der Waals surface area contributed by atoms with Crippen molar-refractivity contribution in [3.63, 3.8) is 0 Å². The molecule has 1 saturated heterocycles. The van der Waals surface area contributed by atoms with Gasteiger partial charge in [0.15, 0.2) is 0 Å².